The molecule has 3 nitrogen and oxygen atoms in total. The van der Waals surface area contributed by atoms with Crippen LogP contribution in [0.5, 0.6) is 0 Å². The van der Waals surface area contributed by atoms with Gasteiger partial charge in [-0.1, -0.05) is 61.0 Å². The summed E-state index contributed by atoms with van der Waals surface area (Å²) in [6.07, 6.45) is 5.41. The van der Waals surface area contributed by atoms with Crippen LogP contribution in [-0.4, -0.2) is 36.0 Å². The maximum atomic E-state index is 12.5. The molecule has 2 saturated heterocycles. The molecule has 0 aromatic heterocycles. The molecule has 2 aromatic carbocycles. The largest absolute Gasteiger partial charge is 0.351 e. The van der Waals surface area contributed by atoms with E-state index in [2.05, 4.69) is 46.6 Å². The lowest BCUT2D eigenvalue weighted by atomic mass is 9.98. The van der Waals surface area contributed by atoms with E-state index in [0.717, 1.165) is 18.5 Å². The Kier molecular flexibility index (Phi) is 4.84. The van der Waals surface area contributed by atoms with Gasteiger partial charge in [-0.15, -0.1) is 0 Å². The molecular formula is C22H26N2O. The number of rotatable bonds is 4. The lowest BCUT2D eigenvalue weighted by Gasteiger charge is -2.32. The second-order valence-corrected chi connectivity index (χ2v) is 7.30. The monoisotopic (exact) mass is 334 g/mol. The number of nitrogens with one attached hydrogen (secondary N) is 1. The highest BCUT2D eigenvalue weighted by atomic mass is 16.1. The molecule has 2 aromatic rings. The number of carbonyl (C=O) groups is 1. The van der Waals surface area contributed by atoms with Crippen LogP contribution >= 0.6 is 0 Å². The molecule has 0 radical (unpaired) electrons. The number of nitrogens with zero attached hydrogens (tertiary/aromatic N) is 1. The highest BCUT2D eigenvalue weighted by Gasteiger charge is 2.36. The molecule has 1 amide bonds. The third kappa shape index (κ3) is 3.77. The molecule has 2 aliphatic rings. The predicted octanol–water partition coefficient (Wildman–Crippen LogP) is 3.64. The van der Waals surface area contributed by atoms with E-state index in [-0.39, 0.29) is 5.91 Å². The van der Waals surface area contributed by atoms with Gasteiger partial charge in [0.05, 0.1) is 6.42 Å². The van der Waals surface area contributed by atoms with Crippen molar-refractivity contribution in [1.82, 2.24) is 10.2 Å². The van der Waals surface area contributed by atoms with Crippen LogP contribution in [0.3, 0.4) is 0 Å². The fourth-order valence-electron chi connectivity index (χ4n) is 4.30. The Labute approximate surface area is 150 Å². The zero-order valence-electron chi connectivity index (χ0n) is 14.7. The fraction of sp³-hybridized carbons (Fsp3) is 0.409. The van der Waals surface area contributed by atoms with Gasteiger partial charge in [0, 0.05) is 18.6 Å². The Hall–Kier alpha value is -2.13. The van der Waals surface area contributed by atoms with Gasteiger partial charge in [-0.05, 0) is 42.5 Å². The molecule has 2 aliphatic heterocycles. The van der Waals surface area contributed by atoms with Crippen LogP contribution in [0.25, 0.3) is 11.1 Å². The number of fused-ring (bicyclic) bond motifs is 1. The number of benzene rings is 2. The summed E-state index contributed by atoms with van der Waals surface area (Å²) < 4.78 is 0. The van der Waals surface area contributed by atoms with E-state index < -0.39 is 0 Å². The molecule has 2 fully saturated rings. The maximum absolute atomic E-state index is 12.5. The van der Waals surface area contributed by atoms with Crippen molar-refractivity contribution in [3.05, 3.63) is 60.2 Å². The van der Waals surface area contributed by atoms with Gasteiger partial charge in [-0.3, -0.25) is 9.69 Å². The Bertz CT molecular complexity index is 711. The molecular weight excluding hydrogens is 308 g/mol. The van der Waals surface area contributed by atoms with E-state index in [4.69, 9.17) is 0 Å². The Morgan fingerprint density at radius 3 is 2.48 bits per heavy atom. The van der Waals surface area contributed by atoms with Gasteiger partial charge < -0.3 is 5.32 Å². The van der Waals surface area contributed by atoms with E-state index >= 15 is 0 Å². The fourth-order valence-corrected chi connectivity index (χ4v) is 4.30. The zero-order chi connectivity index (χ0) is 17.1. The van der Waals surface area contributed by atoms with E-state index in [1.54, 1.807) is 0 Å². The van der Waals surface area contributed by atoms with Crippen molar-refractivity contribution >= 4 is 5.91 Å². The van der Waals surface area contributed by atoms with Crippen LogP contribution in [0.1, 0.15) is 31.2 Å². The number of hydrogen-bond acceptors (Lipinski definition) is 2. The van der Waals surface area contributed by atoms with E-state index in [1.807, 2.05) is 18.2 Å². The SMILES string of the molecule is O=C(Cc1ccc(-c2ccccc2)cc1)N[C@H]1CCN2CCCC[C@@H]12. The van der Waals surface area contributed by atoms with Crippen molar-refractivity contribution in [3.63, 3.8) is 0 Å². The van der Waals surface area contributed by atoms with Crippen LogP contribution in [0, 0.1) is 0 Å². The van der Waals surface area contributed by atoms with E-state index in [9.17, 15) is 4.79 Å². The van der Waals surface area contributed by atoms with Crippen molar-refractivity contribution in [2.75, 3.05) is 13.1 Å². The molecule has 130 valence electrons. The summed E-state index contributed by atoms with van der Waals surface area (Å²) in [7, 11) is 0. The quantitative estimate of drug-likeness (QED) is 0.926. The van der Waals surface area contributed by atoms with E-state index in [1.165, 1.54) is 36.9 Å². The summed E-state index contributed by atoms with van der Waals surface area (Å²) in [6.45, 7) is 2.35. The first-order valence-corrected chi connectivity index (χ1v) is 9.47. The maximum Gasteiger partial charge on any atom is 0.224 e. The van der Waals surface area contributed by atoms with Gasteiger partial charge in [0.1, 0.15) is 0 Å². The third-order valence-electron chi connectivity index (χ3n) is 5.63. The standard InChI is InChI=1S/C22H26N2O/c25-22(23-20-13-15-24-14-5-4-8-21(20)24)16-17-9-11-19(12-10-17)18-6-2-1-3-7-18/h1-3,6-7,9-12,20-21H,4-5,8,13-16H2,(H,23,25)/t20-,21-/m0/s1. The highest BCUT2D eigenvalue weighted by molar-refractivity contribution is 5.79. The Morgan fingerprint density at radius 2 is 1.68 bits per heavy atom. The third-order valence-corrected chi connectivity index (χ3v) is 5.63. The van der Waals surface area contributed by atoms with Crippen LogP contribution in [-0.2, 0) is 11.2 Å². The summed E-state index contributed by atoms with van der Waals surface area (Å²) in [5.74, 6) is 0.157. The van der Waals surface area contributed by atoms with Gasteiger partial charge in [-0.2, -0.15) is 0 Å². The number of hydrogen-bond donors (Lipinski definition) is 1. The minimum atomic E-state index is 0.157. The summed E-state index contributed by atoms with van der Waals surface area (Å²) in [5.41, 5.74) is 3.48. The summed E-state index contributed by atoms with van der Waals surface area (Å²) in [6, 6.07) is 19.6. The molecule has 0 unspecified atom stereocenters. The van der Waals surface area contributed by atoms with Gasteiger partial charge >= 0.3 is 0 Å². The topological polar surface area (TPSA) is 32.3 Å². The van der Waals surface area contributed by atoms with Gasteiger partial charge in [0.25, 0.3) is 0 Å². The van der Waals surface area contributed by atoms with Crippen LogP contribution in [0.15, 0.2) is 54.6 Å². The predicted molar refractivity (Wildman–Crippen MR) is 101 cm³/mol. The average Bonchev–Trinajstić information content (AvgIpc) is 3.06. The van der Waals surface area contributed by atoms with Gasteiger partial charge in [0.15, 0.2) is 0 Å². The first-order chi connectivity index (χ1) is 12.3. The van der Waals surface area contributed by atoms with Crippen molar-refractivity contribution in [3.8, 4) is 11.1 Å². The van der Waals surface area contributed by atoms with Crippen molar-refractivity contribution in [1.29, 1.82) is 0 Å². The molecule has 0 bridgehead atoms. The molecule has 2 atom stereocenters. The second-order valence-electron chi connectivity index (χ2n) is 7.30. The molecule has 4 rings (SSSR count). The molecule has 25 heavy (non-hydrogen) atoms. The van der Waals surface area contributed by atoms with Crippen molar-refractivity contribution in [2.24, 2.45) is 0 Å². The summed E-state index contributed by atoms with van der Waals surface area (Å²) >= 11 is 0. The lowest BCUT2D eigenvalue weighted by molar-refractivity contribution is -0.121. The number of carbonyl (C=O) groups excluding carboxylic acids is 1. The first-order valence-electron chi connectivity index (χ1n) is 9.47. The zero-order valence-corrected chi connectivity index (χ0v) is 14.7. The van der Waals surface area contributed by atoms with Crippen LogP contribution in [0.2, 0.25) is 0 Å². The molecule has 1 N–H and O–H groups in total. The molecule has 0 saturated carbocycles. The smallest absolute Gasteiger partial charge is 0.224 e. The Morgan fingerprint density at radius 1 is 0.920 bits per heavy atom. The van der Waals surface area contributed by atoms with Gasteiger partial charge in [-0.25, -0.2) is 0 Å². The second kappa shape index (κ2) is 7.40. The first kappa shape index (κ1) is 16.3. The number of amides is 1. The summed E-state index contributed by atoms with van der Waals surface area (Å²) in [4.78, 5) is 15.0. The molecule has 2 heterocycles. The molecule has 3 heteroatoms. The van der Waals surface area contributed by atoms with Crippen LogP contribution in [0.4, 0.5) is 0 Å². The van der Waals surface area contributed by atoms with Crippen LogP contribution < -0.4 is 5.32 Å². The molecule has 0 spiro atoms. The average molecular weight is 334 g/mol. The minimum absolute atomic E-state index is 0.157. The highest BCUT2D eigenvalue weighted by Crippen LogP contribution is 2.27. The minimum Gasteiger partial charge on any atom is -0.351 e. The summed E-state index contributed by atoms with van der Waals surface area (Å²) in [5, 5.41) is 3.29. The Balaban J connectivity index is 1.35. The van der Waals surface area contributed by atoms with E-state index in [0.29, 0.717) is 18.5 Å². The lowest BCUT2D eigenvalue weighted by Crippen LogP contribution is -2.47. The number of piperidine rings is 1. The van der Waals surface area contributed by atoms with Crippen molar-refractivity contribution < 1.29 is 4.79 Å². The molecule has 0 aliphatic carbocycles. The van der Waals surface area contributed by atoms with Crippen molar-refractivity contribution in [2.45, 2.75) is 44.2 Å². The van der Waals surface area contributed by atoms with Gasteiger partial charge in [0.2, 0.25) is 5.91 Å². The normalized spacial score (nSPS) is 23.2.